The summed E-state index contributed by atoms with van der Waals surface area (Å²) in [5, 5.41) is 0. The average Bonchev–Trinajstić information content (AvgIpc) is 3.31. The van der Waals surface area contributed by atoms with Crippen molar-refractivity contribution in [2.24, 2.45) is 0 Å². The van der Waals surface area contributed by atoms with Gasteiger partial charge in [-0.15, -0.1) is 0 Å². The number of allylic oxidation sites excluding steroid dienone is 4. The highest BCUT2D eigenvalue weighted by molar-refractivity contribution is 9.10. The lowest BCUT2D eigenvalue weighted by molar-refractivity contribution is 0.705. The van der Waals surface area contributed by atoms with Gasteiger partial charge in [-0.3, -0.25) is 0 Å². The minimum Gasteiger partial charge on any atom is -0.336 e. The molecule has 0 radical (unpaired) electrons. The molecule has 2 heterocycles. The van der Waals surface area contributed by atoms with Crippen LogP contribution in [0.5, 0.6) is 0 Å². The molecule has 2 nitrogen and oxygen atoms in total. The zero-order valence-electron chi connectivity index (χ0n) is 32.6. The van der Waals surface area contributed by atoms with Crippen LogP contribution in [0.4, 0.5) is 28.4 Å². The van der Waals surface area contributed by atoms with Crippen LogP contribution in [-0.2, 0) is 12.0 Å². The maximum Gasteiger partial charge on any atom is 0.0783 e. The Morgan fingerprint density at radius 1 is 0.441 bits per heavy atom. The highest BCUT2D eigenvalue weighted by Crippen LogP contribution is 2.64. The van der Waals surface area contributed by atoms with Crippen LogP contribution >= 0.6 is 15.9 Å². The second-order valence-corrected chi connectivity index (χ2v) is 16.5. The second-order valence-electron chi connectivity index (χ2n) is 15.7. The number of halogens is 1. The molecule has 1 aliphatic carbocycles. The number of hydrogen-bond acceptors (Lipinski definition) is 2. The van der Waals surface area contributed by atoms with Gasteiger partial charge in [0.2, 0.25) is 0 Å². The Balaban J connectivity index is 1.19. The molecule has 282 valence electrons. The number of benzene rings is 8. The third-order valence-corrected chi connectivity index (χ3v) is 13.2. The van der Waals surface area contributed by atoms with Crippen molar-refractivity contribution < 1.29 is 0 Å². The summed E-state index contributed by atoms with van der Waals surface area (Å²) < 4.78 is 1.10. The van der Waals surface area contributed by atoms with Gasteiger partial charge in [-0.05, 0) is 129 Å². The molecule has 11 rings (SSSR count). The topological polar surface area (TPSA) is 6.48 Å². The Morgan fingerprint density at radius 2 is 0.966 bits per heavy atom. The van der Waals surface area contributed by atoms with Gasteiger partial charge in [-0.25, -0.2) is 0 Å². The van der Waals surface area contributed by atoms with Crippen molar-refractivity contribution >= 4 is 49.9 Å². The summed E-state index contributed by atoms with van der Waals surface area (Å²) in [4.78, 5) is 5.03. The predicted molar refractivity (Wildman–Crippen MR) is 250 cm³/mol. The zero-order chi connectivity index (χ0) is 39.3. The smallest absolute Gasteiger partial charge is 0.0783 e. The molecular weight excluding hydrogens is 781 g/mol. The maximum absolute atomic E-state index is 4.03. The molecule has 0 saturated carbocycles. The molecule has 0 aromatic heterocycles. The fraction of sp³-hybridized carbons (Fsp3) is 0.0714. The van der Waals surface area contributed by atoms with Gasteiger partial charge in [0.25, 0.3) is 0 Å². The Hall–Kier alpha value is -6.68. The maximum atomic E-state index is 4.03. The van der Waals surface area contributed by atoms with Crippen molar-refractivity contribution in [1.29, 1.82) is 0 Å². The van der Waals surface area contributed by atoms with E-state index in [2.05, 4.69) is 238 Å². The SMILES string of the molecule is Brc1cc(-c2ccccc2)ccc1CN1c2ccccc2C2(c3ccccc31)c1cc(C3=CCCC=C3)ccc1N(c1ccccc1)c1ccc(-c3ccccc3)cc12. The van der Waals surface area contributed by atoms with E-state index in [1.807, 2.05) is 0 Å². The van der Waals surface area contributed by atoms with E-state index < -0.39 is 5.41 Å². The van der Waals surface area contributed by atoms with E-state index in [0.717, 1.165) is 23.0 Å². The minimum atomic E-state index is -0.645. The average molecular weight is 822 g/mol. The van der Waals surface area contributed by atoms with Gasteiger partial charge in [0.05, 0.1) is 16.8 Å². The van der Waals surface area contributed by atoms with Crippen LogP contribution in [0.25, 0.3) is 27.8 Å². The van der Waals surface area contributed by atoms with E-state index in [-0.39, 0.29) is 0 Å². The van der Waals surface area contributed by atoms with Crippen molar-refractivity contribution in [3.63, 3.8) is 0 Å². The fourth-order valence-corrected chi connectivity index (χ4v) is 10.2. The molecule has 0 unspecified atom stereocenters. The van der Waals surface area contributed by atoms with Crippen molar-refractivity contribution in [2.75, 3.05) is 9.80 Å². The monoisotopic (exact) mass is 820 g/mol. The van der Waals surface area contributed by atoms with Gasteiger partial charge in [-0.1, -0.05) is 174 Å². The molecule has 0 amide bonds. The normalized spacial score (nSPS) is 14.6. The van der Waals surface area contributed by atoms with Crippen molar-refractivity contribution in [2.45, 2.75) is 24.8 Å². The Morgan fingerprint density at radius 3 is 1.56 bits per heavy atom. The van der Waals surface area contributed by atoms with Gasteiger partial charge < -0.3 is 9.80 Å². The van der Waals surface area contributed by atoms with E-state index in [1.165, 1.54) is 84.0 Å². The molecule has 59 heavy (non-hydrogen) atoms. The Kier molecular flexibility index (Phi) is 8.78. The highest BCUT2D eigenvalue weighted by atomic mass is 79.9. The molecule has 0 atom stereocenters. The summed E-state index contributed by atoms with van der Waals surface area (Å²) in [6.45, 7) is 0.706. The zero-order valence-corrected chi connectivity index (χ0v) is 34.2. The Labute approximate surface area is 355 Å². The molecule has 0 N–H and O–H groups in total. The van der Waals surface area contributed by atoms with Crippen LogP contribution in [0.1, 0.15) is 46.2 Å². The third kappa shape index (κ3) is 5.83. The first-order chi connectivity index (χ1) is 29.2. The molecule has 3 heteroatoms. The van der Waals surface area contributed by atoms with Gasteiger partial charge in [0, 0.05) is 28.1 Å². The van der Waals surface area contributed by atoms with Crippen LogP contribution in [0.2, 0.25) is 0 Å². The van der Waals surface area contributed by atoms with Crippen LogP contribution < -0.4 is 9.80 Å². The van der Waals surface area contributed by atoms with Gasteiger partial charge in [0.15, 0.2) is 0 Å². The second kappa shape index (κ2) is 14.6. The van der Waals surface area contributed by atoms with Crippen molar-refractivity contribution in [3.05, 3.63) is 250 Å². The lowest BCUT2D eigenvalue weighted by Gasteiger charge is -2.51. The third-order valence-electron chi connectivity index (χ3n) is 12.4. The van der Waals surface area contributed by atoms with E-state index in [9.17, 15) is 0 Å². The van der Waals surface area contributed by atoms with Crippen molar-refractivity contribution in [3.8, 4) is 22.3 Å². The number of rotatable bonds is 6. The fourth-order valence-electron chi connectivity index (χ4n) is 9.74. The molecule has 8 aromatic rings. The van der Waals surface area contributed by atoms with Crippen LogP contribution in [0.15, 0.2) is 217 Å². The lowest BCUT2D eigenvalue weighted by Crippen LogP contribution is -2.42. The largest absolute Gasteiger partial charge is 0.336 e. The van der Waals surface area contributed by atoms with E-state index >= 15 is 0 Å². The Bertz CT molecular complexity index is 2880. The van der Waals surface area contributed by atoms with Crippen LogP contribution in [0, 0.1) is 0 Å². The number of hydrogen-bond donors (Lipinski definition) is 0. The molecule has 3 aliphatic rings. The molecule has 2 aliphatic heterocycles. The van der Waals surface area contributed by atoms with Crippen molar-refractivity contribution in [1.82, 2.24) is 0 Å². The van der Waals surface area contributed by atoms with E-state index in [1.54, 1.807) is 0 Å². The van der Waals surface area contributed by atoms with Crippen LogP contribution in [-0.4, -0.2) is 0 Å². The van der Waals surface area contributed by atoms with Gasteiger partial charge in [-0.2, -0.15) is 0 Å². The van der Waals surface area contributed by atoms with Crippen LogP contribution in [0.3, 0.4) is 0 Å². The van der Waals surface area contributed by atoms with E-state index in [0.29, 0.717) is 6.54 Å². The first-order valence-corrected chi connectivity index (χ1v) is 21.3. The first kappa shape index (κ1) is 35.5. The summed E-state index contributed by atoms with van der Waals surface area (Å²) in [7, 11) is 0. The molecular formula is C56H41BrN2. The number of nitrogens with zero attached hydrogens (tertiary/aromatic N) is 2. The molecule has 0 saturated heterocycles. The number of fused-ring (bicyclic) bond motifs is 8. The van der Waals surface area contributed by atoms with E-state index in [4.69, 9.17) is 0 Å². The highest BCUT2D eigenvalue weighted by Gasteiger charge is 2.52. The standard InChI is InChI=1S/C56H41BrN2/c57-51-37-44(41-21-9-3-10-22-41)29-30-45(51)38-58-52-27-15-13-25-47(52)56(48-26-14-16-28-53(48)58)49-35-42(39-17-5-1-6-18-39)31-33-54(49)59(46-23-11-4-12-24-46)55-34-32-43(36-50(55)56)40-19-7-2-8-20-40/h1,3-7,9-37H,2,8,38H2. The summed E-state index contributed by atoms with van der Waals surface area (Å²) in [6, 6.07) is 71.8. The molecule has 8 aromatic carbocycles. The predicted octanol–water partition coefficient (Wildman–Crippen LogP) is 15.3. The first-order valence-electron chi connectivity index (χ1n) is 20.6. The number of anilines is 5. The molecule has 0 fully saturated rings. The molecule has 1 spiro atoms. The molecule has 0 bridgehead atoms. The summed E-state index contributed by atoms with van der Waals surface area (Å²) in [6.07, 6.45) is 9.16. The summed E-state index contributed by atoms with van der Waals surface area (Å²) >= 11 is 4.03. The minimum absolute atomic E-state index is 0.645. The lowest BCUT2D eigenvalue weighted by atomic mass is 9.59. The quantitative estimate of drug-likeness (QED) is 0.165. The summed E-state index contributed by atoms with van der Waals surface area (Å²) in [5.74, 6) is 0. The summed E-state index contributed by atoms with van der Waals surface area (Å²) in [5.41, 5.74) is 19.0. The van der Waals surface area contributed by atoms with Gasteiger partial charge >= 0.3 is 0 Å². The number of para-hydroxylation sites is 3. The van der Waals surface area contributed by atoms with Gasteiger partial charge in [0.1, 0.15) is 0 Å².